The van der Waals surface area contributed by atoms with Gasteiger partial charge in [-0.1, -0.05) is 32.6 Å². The number of methoxy groups -OCH3 is 1. The van der Waals surface area contributed by atoms with Crippen molar-refractivity contribution in [1.82, 2.24) is 0 Å². The Kier molecular flexibility index (Phi) is 12.9. The zero-order valence-electron chi connectivity index (χ0n) is 12.2. The van der Waals surface area contributed by atoms with Gasteiger partial charge >= 0.3 is 11.9 Å². The van der Waals surface area contributed by atoms with Crippen LogP contribution in [0.3, 0.4) is 0 Å². The molecule has 0 spiro atoms. The molecule has 0 amide bonds. The molecule has 0 aromatic rings. The Morgan fingerprint density at radius 3 is 2.16 bits per heavy atom. The van der Waals surface area contributed by atoms with Crippen LogP contribution in [0.25, 0.3) is 0 Å². The predicted molar refractivity (Wildman–Crippen MR) is 76.7 cm³/mol. The van der Waals surface area contributed by atoms with E-state index in [0.29, 0.717) is 24.2 Å². The Bertz CT molecular complexity index is 329. The van der Waals surface area contributed by atoms with Crippen LogP contribution >= 0.6 is 0 Å². The maximum Gasteiger partial charge on any atom is 0.333 e. The van der Waals surface area contributed by atoms with E-state index in [-0.39, 0.29) is 11.9 Å². The van der Waals surface area contributed by atoms with E-state index in [2.05, 4.69) is 31.4 Å². The molecule has 0 radical (unpaired) electrons. The molecule has 0 unspecified atom stereocenters. The summed E-state index contributed by atoms with van der Waals surface area (Å²) in [4.78, 5) is 21.2. The van der Waals surface area contributed by atoms with E-state index >= 15 is 0 Å². The van der Waals surface area contributed by atoms with Gasteiger partial charge in [-0.15, -0.1) is 6.58 Å². The molecule has 108 valence electrons. The number of hydrogen-bond donors (Lipinski definition) is 0. The molecule has 0 fully saturated rings. The molecule has 0 aromatic heterocycles. The third-order valence-corrected chi connectivity index (χ3v) is 1.94. The average molecular weight is 268 g/mol. The van der Waals surface area contributed by atoms with Crippen LogP contribution < -0.4 is 0 Å². The molecule has 0 saturated heterocycles. The molecular weight excluding hydrogens is 244 g/mol. The standard InChI is InChI=1S/C8H14O2.C7H10O2/c1-4-5-6-10-8(9)7(2)3;1-4-5-6(2)7(8)9-3/h2,4-6H2,1,3H3;4H,1-2,5H2,3H3. The molecule has 0 saturated carbocycles. The predicted octanol–water partition coefficient (Wildman–Crippen LogP) is 3.20. The van der Waals surface area contributed by atoms with Gasteiger partial charge in [0.25, 0.3) is 0 Å². The molecule has 4 heteroatoms. The highest BCUT2D eigenvalue weighted by atomic mass is 16.5. The van der Waals surface area contributed by atoms with Crippen molar-refractivity contribution >= 4 is 11.9 Å². The highest BCUT2D eigenvalue weighted by molar-refractivity contribution is 5.87. The first kappa shape index (κ1) is 19.5. The minimum absolute atomic E-state index is 0.284. The normalized spacial score (nSPS) is 8.58. The zero-order valence-corrected chi connectivity index (χ0v) is 12.2. The molecule has 0 aliphatic rings. The molecule has 0 rings (SSSR count). The van der Waals surface area contributed by atoms with Crippen LogP contribution in [0.5, 0.6) is 0 Å². The number of rotatable bonds is 7. The Balaban J connectivity index is 0. The Labute approximate surface area is 115 Å². The number of unbranched alkanes of at least 4 members (excludes halogenated alkanes) is 1. The van der Waals surface area contributed by atoms with Gasteiger partial charge in [0.1, 0.15) is 0 Å². The summed E-state index contributed by atoms with van der Waals surface area (Å²) >= 11 is 0. The van der Waals surface area contributed by atoms with E-state index in [4.69, 9.17) is 4.74 Å². The van der Waals surface area contributed by atoms with Crippen molar-refractivity contribution in [1.29, 1.82) is 0 Å². The van der Waals surface area contributed by atoms with Crippen LogP contribution in [0, 0.1) is 0 Å². The van der Waals surface area contributed by atoms with Crippen molar-refractivity contribution < 1.29 is 19.1 Å². The molecule has 19 heavy (non-hydrogen) atoms. The summed E-state index contributed by atoms with van der Waals surface area (Å²) in [5, 5.41) is 0. The van der Waals surface area contributed by atoms with Crippen LogP contribution in [-0.4, -0.2) is 25.7 Å². The summed E-state index contributed by atoms with van der Waals surface area (Å²) in [6.45, 7) is 14.6. The van der Waals surface area contributed by atoms with Gasteiger partial charge in [0.05, 0.1) is 13.7 Å². The quantitative estimate of drug-likeness (QED) is 0.308. The number of carbonyl (C=O) groups excluding carboxylic acids is 2. The second kappa shape index (κ2) is 12.6. The second-order valence-electron chi connectivity index (χ2n) is 3.86. The molecule has 4 nitrogen and oxygen atoms in total. The van der Waals surface area contributed by atoms with Gasteiger partial charge in [-0.25, -0.2) is 9.59 Å². The highest BCUT2D eigenvalue weighted by Gasteiger charge is 2.02. The molecule has 0 atom stereocenters. The fourth-order valence-electron chi connectivity index (χ4n) is 0.834. The lowest BCUT2D eigenvalue weighted by molar-refractivity contribution is -0.139. The first-order valence-corrected chi connectivity index (χ1v) is 6.10. The van der Waals surface area contributed by atoms with Crippen molar-refractivity contribution in [3.8, 4) is 0 Å². The smallest absolute Gasteiger partial charge is 0.333 e. The number of hydrogen-bond acceptors (Lipinski definition) is 4. The molecule has 0 aliphatic carbocycles. The summed E-state index contributed by atoms with van der Waals surface area (Å²) in [6, 6.07) is 0. The van der Waals surface area contributed by atoms with Crippen LogP contribution in [0.1, 0.15) is 33.1 Å². The Morgan fingerprint density at radius 1 is 1.21 bits per heavy atom. The highest BCUT2D eigenvalue weighted by Crippen LogP contribution is 1.99. The third kappa shape index (κ3) is 12.4. The summed E-state index contributed by atoms with van der Waals surface area (Å²) in [7, 11) is 1.33. The number of carbonyl (C=O) groups is 2. The second-order valence-corrected chi connectivity index (χ2v) is 3.86. The minimum atomic E-state index is -0.366. The fraction of sp³-hybridized carbons (Fsp3) is 0.467. The van der Waals surface area contributed by atoms with E-state index in [0.717, 1.165) is 12.8 Å². The SMILES string of the molecule is C=C(C)C(=O)OCCCC.C=CCC(=C)C(=O)OC. The average Bonchev–Trinajstić information content (AvgIpc) is 2.38. The van der Waals surface area contributed by atoms with Gasteiger partial charge < -0.3 is 9.47 Å². The van der Waals surface area contributed by atoms with Gasteiger partial charge in [0.2, 0.25) is 0 Å². The monoisotopic (exact) mass is 268 g/mol. The summed E-state index contributed by atoms with van der Waals surface area (Å²) in [5.74, 6) is -0.650. The number of allylic oxidation sites excluding steroid dienone is 1. The number of ether oxygens (including phenoxy) is 2. The molecule has 0 aromatic carbocycles. The summed E-state index contributed by atoms with van der Waals surface area (Å²) in [6.07, 6.45) is 4.08. The van der Waals surface area contributed by atoms with Gasteiger partial charge in [0, 0.05) is 11.1 Å². The van der Waals surface area contributed by atoms with E-state index in [1.54, 1.807) is 13.0 Å². The summed E-state index contributed by atoms with van der Waals surface area (Å²) in [5.41, 5.74) is 0.906. The van der Waals surface area contributed by atoms with Gasteiger partial charge in [-0.05, 0) is 19.8 Å². The minimum Gasteiger partial charge on any atom is -0.466 e. The first-order chi connectivity index (χ1) is 8.90. The maximum absolute atomic E-state index is 10.7. The van der Waals surface area contributed by atoms with Crippen molar-refractivity contribution in [2.75, 3.05) is 13.7 Å². The first-order valence-electron chi connectivity index (χ1n) is 6.10. The Morgan fingerprint density at radius 2 is 1.79 bits per heavy atom. The van der Waals surface area contributed by atoms with E-state index in [1.807, 2.05) is 0 Å². The lowest BCUT2D eigenvalue weighted by Gasteiger charge is -2.01. The van der Waals surface area contributed by atoms with Crippen molar-refractivity contribution in [3.05, 3.63) is 37.0 Å². The summed E-state index contributed by atoms with van der Waals surface area (Å²) < 4.78 is 9.18. The molecular formula is C15H24O4. The lowest BCUT2D eigenvalue weighted by atomic mass is 10.2. The maximum atomic E-state index is 10.7. The fourth-order valence-corrected chi connectivity index (χ4v) is 0.834. The van der Waals surface area contributed by atoms with Crippen LogP contribution in [0.4, 0.5) is 0 Å². The Hall–Kier alpha value is -1.84. The largest absolute Gasteiger partial charge is 0.466 e. The van der Waals surface area contributed by atoms with E-state index in [9.17, 15) is 9.59 Å². The molecule has 0 heterocycles. The van der Waals surface area contributed by atoms with Crippen LogP contribution in [0.15, 0.2) is 37.0 Å². The topological polar surface area (TPSA) is 52.6 Å². The van der Waals surface area contributed by atoms with Crippen LogP contribution in [-0.2, 0) is 19.1 Å². The third-order valence-electron chi connectivity index (χ3n) is 1.94. The van der Waals surface area contributed by atoms with Crippen molar-refractivity contribution in [3.63, 3.8) is 0 Å². The lowest BCUT2D eigenvalue weighted by Crippen LogP contribution is -2.05. The van der Waals surface area contributed by atoms with Gasteiger partial charge in [0.15, 0.2) is 0 Å². The van der Waals surface area contributed by atoms with Crippen molar-refractivity contribution in [2.24, 2.45) is 0 Å². The van der Waals surface area contributed by atoms with Gasteiger partial charge in [-0.2, -0.15) is 0 Å². The van der Waals surface area contributed by atoms with Gasteiger partial charge in [-0.3, -0.25) is 0 Å². The molecule has 0 bridgehead atoms. The molecule has 0 aliphatic heterocycles. The zero-order chi connectivity index (χ0) is 15.3. The van der Waals surface area contributed by atoms with Crippen molar-refractivity contribution in [2.45, 2.75) is 33.1 Å². The van der Waals surface area contributed by atoms with E-state index < -0.39 is 0 Å². The van der Waals surface area contributed by atoms with Crippen LogP contribution in [0.2, 0.25) is 0 Å². The number of esters is 2. The van der Waals surface area contributed by atoms with E-state index in [1.165, 1.54) is 7.11 Å². The molecule has 0 N–H and O–H groups in total.